The van der Waals surface area contributed by atoms with Crippen molar-refractivity contribution in [1.82, 2.24) is 4.90 Å². The molecule has 1 heterocycles. The standard InChI is InChI=1S/C20H18ClN3O2S/c1-2-11-24-19(26)17(27-20(24)23-15-8-4-3-5-9-15)13-18(25)22-16-10-6-7-14(21)12-16/h2-10,12,17H,1,11,13H2,(H,22,25)/t17-/m0/s1. The Bertz CT molecular complexity index is 886. The lowest BCUT2D eigenvalue weighted by Crippen LogP contribution is -2.33. The summed E-state index contributed by atoms with van der Waals surface area (Å²) in [6.45, 7) is 4.05. The smallest absolute Gasteiger partial charge is 0.242 e. The minimum atomic E-state index is -0.522. The van der Waals surface area contributed by atoms with Crippen LogP contribution < -0.4 is 5.32 Å². The van der Waals surface area contributed by atoms with E-state index in [1.54, 1.807) is 35.2 Å². The first-order chi connectivity index (χ1) is 13.1. The van der Waals surface area contributed by atoms with Gasteiger partial charge in [0.1, 0.15) is 5.25 Å². The number of nitrogens with one attached hydrogen (secondary N) is 1. The molecular formula is C20H18ClN3O2S. The molecule has 1 atom stereocenters. The van der Waals surface area contributed by atoms with E-state index in [1.165, 1.54) is 11.8 Å². The zero-order valence-corrected chi connectivity index (χ0v) is 16.0. The van der Waals surface area contributed by atoms with Crippen molar-refractivity contribution in [2.24, 2.45) is 4.99 Å². The molecular weight excluding hydrogens is 382 g/mol. The van der Waals surface area contributed by atoms with Crippen LogP contribution in [0.4, 0.5) is 11.4 Å². The molecule has 0 aliphatic carbocycles. The van der Waals surface area contributed by atoms with Crippen LogP contribution >= 0.6 is 23.4 Å². The summed E-state index contributed by atoms with van der Waals surface area (Å²) in [6.07, 6.45) is 1.70. The van der Waals surface area contributed by atoms with Crippen LogP contribution in [-0.2, 0) is 9.59 Å². The summed E-state index contributed by atoms with van der Waals surface area (Å²) in [5.41, 5.74) is 1.36. The van der Waals surface area contributed by atoms with Gasteiger partial charge in [-0.2, -0.15) is 0 Å². The Hall–Kier alpha value is -2.57. The van der Waals surface area contributed by atoms with Gasteiger partial charge in [-0.05, 0) is 30.3 Å². The zero-order chi connectivity index (χ0) is 19.2. The molecule has 0 unspecified atom stereocenters. The highest BCUT2D eigenvalue weighted by atomic mass is 35.5. The summed E-state index contributed by atoms with van der Waals surface area (Å²) in [6, 6.07) is 16.3. The van der Waals surface area contributed by atoms with E-state index in [0.29, 0.717) is 22.4 Å². The van der Waals surface area contributed by atoms with Gasteiger partial charge in [0.15, 0.2) is 5.17 Å². The number of hydrogen-bond donors (Lipinski definition) is 1. The third kappa shape index (κ3) is 4.99. The maximum absolute atomic E-state index is 12.7. The second-order valence-corrected chi connectivity index (χ2v) is 7.44. The Morgan fingerprint density at radius 2 is 2.04 bits per heavy atom. The van der Waals surface area contributed by atoms with E-state index in [9.17, 15) is 9.59 Å². The monoisotopic (exact) mass is 399 g/mol. The van der Waals surface area contributed by atoms with Crippen molar-refractivity contribution in [2.45, 2.75) is 11.7 Å². The maximum atomic E-state index is 12.7. The maximum Gasteiger partial charge on any atom is 0.242 e. The molecule has 2 aromatic rings. The molecule has 1 aliphatic heterocycles. The van der Waals surface area contributed by atoms with Crippen molar-refractivity contribution in [2.75, 3.05) is 11.9 Å². The van der Waals surface area contributed by atoms with Gasteiger partial charge in [0.05, 0.1) is 5.69 Å². The minimum absolute atomic E-state index is 0.0530. The van der Waals surface area contributed by atoms with Crippen LogP contribution in [0.25, 0.3) is 0 Å². The molecule has 0 bridgehead atoms. The molecule has 0 spiro atoms. The van der Waals surface area contributed by atoms with Crippen LogP contribution in [0.1, 0.15) is 6.42 Å². The average Bonchev–Trinajstić information content (AvgIpc) is 2.91. The molecule has 2 aromatic carbocycles. The topological polar surface area (TPSA) is 61.8 Å². The van der Waals surface area contributed by atoms with E-state index in [2.05, 4.69) is 16.9 Å². The Morgan fingerprint density at radius 1 is 1.26 bits per heavy atom. The molecule has 27 heavy (non-hydrogen) atoms. The number of halogens is 1. The Labute approximate surface area is 167 Å². The van der Waals surface area contributed by atoms with Crippen LogP contribution in [0.2, 0.25) is 5.02 Å². The zero-order valence-electron chi connectivity index (χ0n) is 14.5. The molecule has 5 nitrogen and oxygen atoms in total. The summed E-state index contributed by atoms with van der Waals surface area (Å²) >= 11 is 7.23. The molecule has 0 aromatic heterocycles. The quantitative estimate of drug-likeness (QED) is 0.728. The first-order valence-electron chi connectivity index (χ1n) is 8.35. The van der Waals surface area contributed by atoms with Gasteiger partial charge in [0.2, 0.25) is 11.8 Å². The van der Waals surface area contributed by atoms with E-state index in [0.717, 1.165) is 5.69 Å². The van der Waals surface area contributed by atoms with Gasteiger partial charge in [-0.1, -0.05) is 53.7 Å². The summed E-state index contributed by atoms with van der Waals surface area (Å²) in [7, 11) is 0. The van der Waals surface area contributed by atoms with E-state index in [-0.39, 0.29) is 18.2 Å². The largest absolute Gasteiger partial charge is 0.326 e. The Balaban J connectivity index is 1.72. The first kappa shape index (κ1) is 19.2. The molecule has 1 saturated heterocycles. The van der Waals surface area contributed by atoms with Gasteiger partial charge in [0.25, 0.3) is 0 Å². The first-order valence-corrected chi connectivity index (χ1v) is 9.60. The molecule has 1 aliphatic rings. The minimum Gasteiger partial charge on any atom is -0.326 e. The van der Waals surface area contributed by atoms with Crippen molar-refractivity contribution in [3.8, 4) is 0 Å². The summed E-state index contributed by atoms with van der Waals surface area (Å²) in [4.78, 5) is 31.2. The summed E-state index contributed by atoms with van der Waals surface area (Å²) in [5.74, 6) is -0.390. The number of carbonyl (C=O) groups excluding carboxylic acids is 2. The van der Waals surface area contributed by atoms with Gasteiger partial charge in [-0.3, -0.25) is 14.5 Å². The van der Waals surface area contributed by atoms with Gasteiger partial charge >= 0.3 is 0 Å². The number of amides is 2. The molecule has 1 fully saturated rings. The lowest BCUT2D eigenvalue weighted by molar-refractivity contribution is -0.127. The number of para-hydroxylation sites is 1. The van der Waals surface area contributed by atoms with Gasteiger partial charge < -0.3 is 5.32 Å². The molecule has 2 amide bonds. The molecule has 3 rings (SSSR count). The number of rotatable bonds is 6. The Kier molecular flexibility index (Phi) is 6.32. The Morgan fingerprint density at radius 3 is 2.74 bits per heavy atom. The third-order valence-corrected chi connectivity index (χ3v) is 5.20. The number of benzene rings is 2. The number of thioether (sulfide) groups is 1. The molecule has 0 radical (unpaired) electrons. The second kappa shape index (κ2) is 8.88. The number of amidine groups is 1. The molecule has 7 heteroatoms. The van der Waals surface area contributed by atoms with E-state index in [1.807, 2.05) is 30.3 Å². The van der Waals surface area contributed by atoms with Gasteiger partial charge in [-0.15, -0.1) is 6.58 Å². The third-order valence-electron chi connectivity index (χ3n) is 3.79. The normalized spacial score (nSPS) is 18.0. The van der Waals surface area contributed by atoms with Crippen LogP contribution in [0.15, 0.2) is 72.2 Å². The van der Waals surface area contributed by atoms with Crippen molar-refractivity contribution < 1.29 is 9.59 Å². The number of carbonyl (C=O) groups is 2. The van der Waals surface area contributed by atoms with Crippen LogP contribution in [0, 0.1) is 0 Å². The molecule has 1 N–H and O–H groups in total. The fourth-order valence-corrected chi connectivity index (χ4v) is 3.94. The number of hydrogen-bond acceptors (Lipinski definition) is 4. The number of nitrogens with zero attached hydrogens (tertiary/aromatic N) is 2. The van der Waals surface area contributed by atoms with Crippen molar-refractivity contribution in [3.05, 3.63) is 72.3 Å². The van der Waals surface area contributed by atoms with Crippen LogP contribution in [-0.4, -0.2) is 33.7 Å². The lowest BCUT2D eigenvalue weighted by Gasteiger charge is -2.13. The SMILES string of the molecule is C=CCN1C(=O)[C@H](CC(=O)Nc2cccc(Cl)c2)SC1=Nc1ccccc1. The van der Waals surface area contributed by atoms with Crippen molar-refractivity contribution in [3.63, 3.8) is 0 Å². The lowest BCUT2D eigenvalue weighted by atomic mass is 10.2. The van der Waals surface area contributed by atoms with Crippen molar-refractivity contribution >= 4 is 51.7 Å². The highest BCUT2D eigenvalue weighted by Crippen LogP contribution is 2.31. The predicted molar refractivity (Wildman–Crippen MR) is 112 cm³/mol. The highest BCUT2D eigenvalue weighted by molar-refractivity contribution is 8.15. The van der Waals surface area contributed by atoms with E-state index < -0.39 is 5.25 Å². The number of aliphatic imine (C=N–C) groups is 1. The highest BCUT2D eigenvalue weighted by Gasteiger charge is 2.38. The van der Waals surface area contributed by atoms with E-state index >= 15 is 0 Å². The van der Waals surface area contributed by atoms with Crippen LogP contribution in [0.5, 0.6) is 0 Å². The van der Waals surface area contributed by atoms with Crippen molar-refractivity contribution in [1.29, 1.82) is 0 Å². The predicted octanol–water partition coefficient (Wildman–Crippen LogP) is 4.49. The van der Waals surface area contributed by atoms with Crippen LogP contribution in [0.3, 0.4) is 0 Å². The van der Waals surface area contributed by atoms with Gasteiger partial charge in [-0.25, -0.2) is 4.99 Å². The number of anilines is 1. The fourth-order valence-electron chi connectivity index (χ4n) is 2.58. The van der Waals surface area contributed by atoms with E-state index in [4.69, 9.17) is 11.6 Å². The van der Waals surface area contributed by atoms with Gasteiger partial charge in [0, 0.05) is 23.7 Å². The summed E-state index contributed by atoms with van der Waals surface area (Å²) < 4.78 is 0. The average molecular weight is 400 g/mol. The molecule has 0 saturated carbocycles. The fraction of sp³-hybridized carbons (Fsp3) is 0.150. The molecule has 138 valence electrons. The summed E-state index contributed by atoms with van der Waals surface area (Å²) in [5, 5.41) is 3.36. The second-order valence-electron chi connectivity index (χ2n) is 5.84.